The van der Waals surface area contributed by atoms with Gasteiger partial charge >= 0.3 is 0 Å². The van der Waals surface area contributed by atoms with Crippen molar-refractivity contribution in [2.75, 3.05) is 18.0 Å². The van der Waals surface area contributed by atoms with Crippen molar-refractivity contribution in [2.24, 2.45) is 5.92 Å². The first-order valence-corrected chi connectivity index (χ1v) is 7.06. The van der Waals surface area contributed by atoms with Crippen LogP contribution in [0.15, 0.2) is 12.3 Å². The summed E-state index contributed by atoms with van der Waals surface area (Å²) in [7, 11) is 0. The molecular formula is C15H24N2O. The number of nitrogens with zero attached hydrogens (tertiary/aromatic N) is 2. The Kier molecular flexibility index (Phi) is 4.59. The van der Waals surface area contributed by atoms with E-state index >= 15 is 0 Å². The van der Waals surface area contributed by atoms with E-state index in [4.69, 9.17) is 5.11 Å². The Hall–Kier alpha value is -1.09. The summed E-state index contributed by atoms with van der Waals surface area (Å²) in [5, 5.41) is 9.10. The molecule has 2 heterocycles. The Balaban J connectivity index is 2.01. The predicted molar refractivity (Wildman–Crippen MR) is 74.7 cm³/mol. The van der Waals surface area contributed by atoms with Crippen LogP contribution in [0.25, 0.3) is 0 Å². The van der Waals surface area contributed by atoms with Crippen LogP contribution in [0.2, 0.25) is 0 Å². The molecule has 0 spiro atoms. The highest BCUT2D eigenvalue weighted by atomic mass is 16.3. The van der Waals surface area contributed by atoms with Crippen LogP contribution in [0.3, 0.4) is 0 Å². The van der Waals surface area contributed by atoms with Gasteiger partial charge in [-0.15, -0.1) is 0 Å². The highest BCUT2D eigenvalue weighted by molar-refractivity contribution is 5.47. The zero-order valence-electron chi connectivity index (χ0n) is 11.5. The van der Waals surface area contributed by atoms with Crippen molar-refractivity contribution < 1.29 is 5.11 Å². The summed E-state index contributed by atoms with van der Waals surface area (Å²) >= 11 is 0. The third-order valence-electron chi connectivity index (χ3n) is 3.90. The second-order valence-electron chi connectivity index (χ2n) is 5.36. The maximum Gasteiger partial charge on any atom is 0.131 e. The molecule has 18 heavy (non-hydrogen) atoms. The number of aliphatic hydroxyl groups is 1. The first kappa shape index (κ1) is 13.3. The fourth-order valence-electron chi connectivity index (χ4n) is 2.88. The number of rotatable bonds is 4. The molecule has 3 nitrogen and oxygen atoms in total. The van der Waals surface area contributed by atoms with Crippen molar-refractivity contribution in [2.45, 2.75) is 46.1 Å². The lowest BCUT2D eigenvalue weighted by Crippen LogP contribution is -2.34. The van der Waals surface area contributed by atoms with E-state index in [1.54, 1.807) is 6.20 Å². The first-order valence-electron chi connectivity index (χ1n) is 7.06. The standard InChI is InChI=1S/C15H24N2O/c1-3-4-13-5-7-17(8-6-13)15-12(2)9-14(11-18)10-16-15/h9-10,13,18H,3-8,11H2,1-2H3. The molecule has 0 amide bonds. The molecule has 0 saturated carbocycles. The fraction of sp³-hybridized carbons (Fsp3) is 0.667. The summed E-state index contributed by atoms with van der Waals surface area (Å²) in [4.78, 5) is 6.90. The van der Waals surface area contributed by atoms with Crippen molar-refractivity contribution in [3.8, 4) is 0 Å². The van der Waals surface area contributed by atoms with Crippen LogP contribution in [0, 0.1) is 12.8 Å². The number of aromatic nitrogens is 1. The van der Waals surface area contributed by atoms with Crippen LogP contribution in [-0.2, 0) is 6.61 Å². The van der Waals surface area contributed by atoms with Crippen LogP contribution in [0.1, 0.15) is 43.7 Å². The normalized spacial score (nSPS) is 17.2. The molecule has 1 saturated heterocycles. The minimum absolute atomic E-state index is 0.0761. The molecule has 1 aliphatic rings. The van der Waals surface area contributed by atoms with Gasteiger partial charge in [0.2, 0.25) is 0 Å². The van der Waals surface area contributed by atoms with Crippen LogP contribution in [0.5, 0.6) is 0 Å². The lowest BCUT2D eigenvalue weighted by Gasteiger charge is -2.33. The van der Waals surface area contributed by atoms with E-state index < -0.39 is 0 Å². The molecule has 0 aromatic carbocycles. The summed E-state index contributed by atoms with van der Waals surface area (Å²) in [5.74, 6) is 2.01. The van der Waals surface area contributed by atoms with Gasteiger partial charge in [0.25, 0.3) is 0 Å². The maximum absolute atomic E-state index is 9.10. The number of hydrogen-bond acceptors (Lipinski definition) is 3. The van der Waals surface area contributed by atoms with Gasteiger partial charge in [-0.1, -0.05) is 19.8 Å². The minimum atomic E-state index is 0.0761. The van der Waals surface area contributed by atoms with E-state index in [2.05, 4.69) is 23.7 Å². The largest absolute Gasteiger partial charge is 0.392 e. The van der Waals surface area contributed by atoms with Gasteiger partial charge in [0.15, 0.2) is 0 Å². The van der Waals surface area contributed by atoms with E-state index in [1.165, 1.54) is 31.2 Å². The Morgan fingerprint density at radius 3 is 2.67 bits per heavy atom. The van der Waals surface area contributed by atoms with E-state index in [0.717, 1.165) is 30.4 Å². The summed E-state index contributed by atoms with van der Waals surface area (Å²) in [6, 6.07) is 2.04. The molecule has 0 atom stereocenters. The topological polar surface area (TPSA) is 36.4 Å². The van der Waals surface area contributed by atoms with Crippen molar-refractivity contribution in [3.63, 3.8) is 0 Å². The Bertz CT molecular complexity index is 384. The summed E-state index contributed by atoms with van der Waals surface area (Å²) in [5.41, 5.74) is 2.08. The Labute approximate surface area is 110 Å². The van der Waals surface area contributed by atoms with Crippen molar-refractivity contribution in [1.82, 2.24) is 4.98 Å². The Morgan fingerprint density at radius 1 is 1.39 bits per heavy atom. The first-order chi connectivity index (χ1) is 8.74. The number of aliphatic hydroxyl groups excluding tert-OH is 1. The van der Waals surface area contributed by atoms with Gasteiger partial charge in [-0.25, -0.2) is 4.98 Å². The molecule has 1 N–H and O–H groups in total. The van der Waals surface area contributed by atoms with Gasteiger partial charge in [0, 0.05) is 19.3 Å². The third kappa shape index (κ3) is 3.02. The molecule has 1 aromatic rings. The van der Waals surface area contributed by atoms with Gasteiger partial charge in [0.05, 0.1) is 6.61 Å². The molecule has 1 aromatic heterocycles. The highest BCUT2D eigenvalue weighted by Gasteiger charge is 2.20. The van der Waals surface area contributed by atoms with Gasteiger partial charge in [0.1, 0.15) is 5.82 Å². The lowest BCUT2D eigenvalue weighted by atomic mass is 9.92. The summed E-state index contributed by atoms with van der Waals surface area (Å²) in [6.07, 6.45) is 7.03. The number of pyridine rings is 1. The number of piperidine rings is 1. The molecule has 0 unspecified atom stereocenters. The quantitative estimate of drug-likeness (QED) is 0.890. The van der Waals surface area contributed by atoms with Gasteiger partial charge in [-0.05, 0) is 42.9 Å². The SMILES string of the molecule is CCCC1CCN(c2ncc(CO)cc2C)CC1. The molecule has 2 rings (SSSR count). The van der Waals surface area contributed by atoms with E-state index in [9.17, 15) is 0 Å². The average Bonchev–Trinajstić information content (AvgIpc) is 2.40. The van der Waals surface area contributed by atoms with Crippen LogP contribution in [0.4, 0.5) is 5.82 Å². The fourth-order valence-corrected chi connectivity index (χ4v) is 2.88. The van der Waals surface area contributed by atoms with E-state index in [0.29, 0.717) is 0 Å². The maximum atomic E-state index is 9.10. The molecule has 0 bridgehead atoms. The number of hydrogen-bond donors (Lipinski definition) is 1. The summed E-state index contributed by atoms with van der Waals surface area (Å²) in [6.45, 7) is 6.67. The monoisotopic (exact) mass is 248 g/mol. The molecule has 0 aliphatic carbocycles. The van der Waals surface area contributed by atoms with Gasteiger partial charge in [-0.2, -0.15) is 0 Å². The van der Waals surface area contributed by atoms with Crippen LogP contribution < -0.4 is 4.90 Å². The molecule has 0 radical (unpaired) electrons. The number of anilines is 1. The number of aryl methyl sites for hydroxylation is 1. The predicted octanol–water partition coefficient (Wildman–Crippen LogP) is 2.90. The zero-order chi connectivity index (χ0) is 13.0. The third-order valence-corrected chi connectivity index (χ3v) is 3.90. The average molecular weight is 248 g/mol. The van der Waals surface area contributed by atoms with Crippen molar-refractivity contribution >= 4 is 5.82 Å². The van der Waals surface area contributed by atoms with Crippen LogP contribution in [-0.4, -0.2) is 23.2 Å². The zero-order valence-corrected chi connectivity index (χ0v) is 11.5. The molecular weight excluding hydrogens is 224 g/mol. The molecule has 3 heteroatoms. The Morgan fingerprint density at radius 2 is 2.11 bits per heavy atom. The molecule has 1 aliphatic heterocycles. The van der Waals surface area contributed by atoms with Gasteiger partial charge in [-0.3, -0.25) is 0 Å². The molecule has 1 fully saturated rings. The van der Waals surface area contributed by atoms with E-state index in [1.807, 2.05) is 6.07 Å². The van der Waals surface area contributed by atoms with Crippen molar-refractivity contribution in [1.29, 1.82) is 0 Å². The minimum Gasteiger partial charge on any atom is -0.392 e. The molecule has 100 valence electrons. The van der Waals surface area contributed by atoms with Crippen LogP contribution >= 0.6 is 0 Å². The van der Waals surface area contributed by atoms with Gasteiger partial charge < -0.3 is 10.0 Å². The van der Waals surface area contributed by atoms with E-state index in [-0.39, 0.29) is 6.61 Å². The van der Waals surface area contributed by atoms with Crippen molar-refractivity contribution in [3.05, 3.63) is 23.4 Å². The highest BCUT2D eigenvalue weighted by Crippen LogP contribution is 2.26. The second-order valence-corrected chi connectivity index (χ2v) is 5.36. The smallest absolute Gasteiger partial charge is 0.131 e. The second kappa shape index (κ2) is 6.19. The lowest BCUT2D eigenvalue weighted by molar-refractivity contribution is 0.281. The summed E-state index contributed by atoms with van der Waals surface area (Å²) < 4.78 is 0.